The summed E-state index contributed by atoms with van der Waals surface area (Å²) in [6.45, 7) is 5.11. The highest BCUT2D eigenvalue weighted by Crippen LogP contribution is 2.22. The van der Waals surface area contributed by atoms with Gasteiger partial charge in [0.2, 0.25) is 0 Å². The minimum Gasteiger partial charge on any atom is -0.364 e. The predicted octanol–water partition coefficient (Wildman–Crippen LogP) is 3.64. The van der Waals surface area contributed by atoms with Crippen LogP contribution in [0, 0.1) is 11.7 Å². The summed E-state index contributed by atoms with van der Waals surface area (Å²) in [5, 5.41) is 3.50. The number of H-pyrrole nitrogens is 1. The average Bonchev–Trinajstić information content (AvgIpc) is 2.84. The maximum Gasteiger partial charge on any atom is 0.123 e. The van der Waals surface area contributed by atoms with E-state index in [1.54, 1.807) is 0 Å². The van der Waals surface area contributed by atoms with Gasteiger partial charge in [0.05, 0.1) is 0 Å². The Hall–Kier alpha value is -1.61. The number of halogens is 1. The fourth-order valence-electron chi connectivity index (χ4n) is 2.11. The highest BCUT2D eigenvalue weighted by Gasteiger charge is 2.15. The Kier molecular flexibility index (Phi) is 4.15. The zero-order chi connectivity index (χ0) is 13.0. The Labute approximate surface area is 107 Å². The lowest BCUT2D eigenvalue weighted by atomic mass is 9.96. The van der Waals surface area contributed by atoms with Crippen LogP contribution in [-0.4, -0.2) is 4.98 Å². The van der Waals surface area contributed by atoms with E-state index in [0.717, 1.165) is 17.8 Å². The third-order valence-corrected chi connectivity index (χ3v) is 3.07. The van der Waals surface area contributed by atoms with E-state index in [9.17, 15) is 4.39 Å². The van der Waals surface area contributed by atoms with Gasteiger partial charge in [0.1, 0.15) is 5.82 Å². The number of rotatable bonds is 5. The van der Waals surface area contributed by atoms with Crippen LogP contribution in [0.2, 0.25) is 0 Å². The lowest BCUT2D eigenvalue weighted by Crippen LogP contribution is -2.25. The zero-order valence-corrected chi connectivity index (χ0v) is 10.8. The molecule has 2 rings (SSSR count). The van der Waals surface area contributed by atoms with Crippen molar-refractivity contribution >= 4 is 0 Å². The minimum atomic E-state index is -0.189. The Bertz CT molecular complexity index is 460. The molecule has 0 bridgehead atoms. The maximum atomic E-state index is 12.9. The van der Waals surface area contributed by atoms with Gasteiger partial charge in [-0.25, -0.2) is 4.39 Å². The molecule has 0 aliphatic rings. The molecule has 1 aromatic carbocycles. The molecule has 2 nitrogen and oxygen atoms in total. The van der Waals surface area contributed by atoms with Crippen LogP contribution >= 0.6 is 0 Å². The first-order valence-electron chi connectivity index (χ1n) is 6.28. The van der Waals surface area contributed by atoms with Crippen LogP contribution in [-0.2, 0) is 6.54 Å². The van der Waals surface area contributed by atoms with Crippen LogP contribution in [0.3, 0.4) is 0 Å². The van der Waals surface area contributed by atoms with Crippen molar-refractivity contribution in [2.24, 2.45) is 5.92 Å². The fraction of sp³-hybridized carbons (Fsp3) is 0.333. The van der Waals surface area contributed by atoms with Crippen molar-refractivity contribution in [2.45, 2.75) is 26.4 Å². The predicted molar refractivity (Wildman–Crippen MR) is 71.6 cm³/mol. The third-order valence-electron chi connectivity index (χ3n) is 3.07. The highest BCUT2D eigenvalue weighted by molar-refractivity contribution is 5.20. The van der Waals surface area contributed by atoms with Gasteiger partial charge in [-0.15, -0.1) is 0 Å². The second-order valence-corrected chi connectivity index (χ2v) is 4.85. The molecule has 0 saturated heterocycles. The van der Waals surface area contributed by atoms with Gasteiger partial charge in [0, 0.05) is 24.5 Å². The fourth-order valence-corrected chi connectivity index (χ4v) is 2.11. The monoisotopic (exact) mass is 246 g/mol. The molecule has 2 aromatic rings. The minimum absolute atomic E-state index is 0.189. The van der Waals surface area contributed by atoms with Gasteiger partial charge in [0.25, 0.3) is 0 Å². The number of hydrogen-bond donors (Lipinski definition) is 2. The number of aromatic nitrogens is 1. The summed E-state index contributed by atoms with van der Waals surface area (Å²) in [5.74, 6) is 0.260. The first-order valence-corrected chi connectivity index (χ1v) is 6.28. The van der Waals surface area contributed by atoms with E-state index >= 15 is 0 Å². The molecule has 0 aliphatic heterocycles. The molecule has 96 valence electrons. The van der Waals surface area contributed by atoms with E-state index in [1.165, 1.54) is 12.1 Å². The van der Waals surface area contributed by atoms with Crippen LogP contribution in [0.4, 0.5) is 4.39 Å². The summed E-state index contributed by atoms with van der Waals surface area (Å²) >= 11 is 0. The van der Waals surface area contributed by atoms with E-state index in [4.69, 9.17) is 0 Å². The lowest BCUT2D eigenvalue weighted by molar-refractivity contribution is 0.408. The van der Waals surface area contributed by atoms with E-state index in [2.05, 4.69) is 30.2 Å². The van der Waals surface area contributed by atoms with Crippen molar-refractivity contribution in [3.63, 3.8) is 0 Å². The van der Waals surface area contributed by atoms with Gasteiger partial charge >= 0.3 is 0 Å². The summed E-state index contributed by atoms with van der Waals surface area (Å²) in [6, 6.07) is 11.0. The number of nitrogens with one attached hydrogen (secondary N) is 2. The molecule has 0 aliphatic carbocycles. The molecule has 18 heavy (non-hydrogen) atoms. The molecule has 0 radical (unpaired) electrons. The standard InChI is InChI=1S/C15H19FN2/c1-11(2)15(12-5-7-13(16)8-6-12)18-10-14-4-3-9-17-14/h3-9,11,15,17-18H,10H2,1-2H3. The van der Waals surface area contributed by atoms with E-state index in [-0.39, 0.29) is 11.9 Å². The first-order chi connectivity index (χ1) is 8.66. The Morgan fingerprint density at radius 2 is 1.89 bits per heavy atom. The van der Waals surface area contributed by atoms with E-state index < -0.39 is 0 Å². The maximum absolute atomic E-state index is 12.9. The number of hydrogen-bond acceptors (Lipinski definition) is 1. The molecule has 1 atom stereocenters. The summed E-state index contributed by atoms with van der Waals surface area (Å²) in [6.07, 6.45) is 1.92. The van der Waals surface area contributed by atoms with Crippen LogP contribution in [0.1, 0.15) is 31.1 Å². The number of aromatic amines is 1. The molecular weight excluding hydrogens is 227 g/mol. The highest BCUT2D eigenvalue weighted by atomic mass is 19.1. The molecule has 0 spiro atoms. The SMILES string of the molecule is CC(C)C(NCc1ccc[nH]1)c1ccc(F)cc1. The molecule has 3 heteroatoms. The average molecular weight is 246 g/mol. The van der Waals surface area contributed by atoms with Crippen molar-refractivity contribution in [1.82, 2.24) is 10.3 Å². The van der Waals surface area contributed by atoms with Crippen molar-refractivity contribution in [1.29, 1.82) is 0 Å². The van der Waals surface area contributed by atoms with Gasteiger partial charge in [-0.1, -0.05) is 26.0 Å². The molecule has 1 aromatic heterocycles. The van der Waals surface area contributed by atoms with Crippen molar-refractivity contribution in [3.05, 3.63) is 59.7 Å². The lowest BCUT2D eigenvalue weighted by Gasteiger charge is -2.22. The van der Waals surface area contributed by atoms with Gasteiger partial charge < -0.3 is 10.3 Å². The summed E-state index contributed by atoms with van der Waals surface area (Å²) < 4.78 is 12.9. The van der Waals surface area contributed by atoms with Gasteiger partial charge in [-0.2, -0.15) is 0 Å². The first kappa shape index (κ1) is 12.8. The molecule has 0 amide bonds. The quantitative estimate of drug-likeness (QED) is 0.828. The van der Waals surface area contributed by atoms with Gasteiger partial charge in [0.15, 0.2) is 0 Å². The summed E-state index contributed by atoms with van der Waals surface area (Å²) in [4.78, 5) is 3.17. The zero-order valence-electron chi connectivity index (χ0n) is 10.8. The Morgan fingerprint density at radius 1 is 1.17 bits per heavy atom. The molecule has 0 saturated carbocycles. The third kappa shape index (κ3) is 3.20. The van der Waals surface area contributed by atoms with E-state index in [0.29, 0.717) is 5.92 Å². The normalized spacial score (nSPS) is 12.9. The Morgan fingerprint density at radius 3 is 2.44 bits per heavy atom. The second-order valence-electron chi connectivity index (χ2n) is 4.85. The topological polar surface area (TPSA) is 27.8 Å². The van der Waals surface area contributed by atoms with Crippen LogP contribution in [0.5, 0.6) is 0 Å². The van der Waals surface area contributed by atoms with Crippen LogP contribution < -0.4 is 5.32 Å². The van der Waals surface area contributed by atoms with Gasteiger partial charge in [-0.3, -0.25) is 0 Å². The molecule has 0 fully saturated rings. The summed E-state index contributed by atoms with van der Waals surface area (Å²) in [7, 11) is 0. The Balaban J connectivity index is 2.06. The molecule has 1 unspecified atom stereocenters. The molecule has 2 N–H and O–H groups in total. The van der Waals surface area contributed by atoms with Gasteiger partial charge in [-0.05, 0) is 35.7 Å². The van der Waals surface area contributed by atoms with Crippen LogP contribution in [0.25, 0.3) is 0 Å². The van der Waals surface area contributed by atoms with Crippen LogP contribution in [0.15, 0.2) is 42.6 Å². The molecular formula is C15H19FN2. The van der Waals surface area contributed by atoms with Crippen molar-refractivity contribution in [2.75, 3.05) is 0 Å². The van der Waals surface area contributed by atoms with E-state index in [1.807, 2.05) is 24.4 Å². The molecule has 1 heterocycles. The summed E-state index contributed by atoms with van der Waals surface area (Å²) in [5.41, 5.74) is 2.28. The van der Waals surface area contributed by atoms with Crippen molar-refractivity contribution in [3.8, 4) is 0 Å². The van der Waals surface area contributed by atoms with Crippen molar-refractivity contribution < 1.29 is 4.39 Å². The largest absolute Gasteiger partial charge is 0.364 e. The number of benzene rings is 1. The second kappa shape index (κ2) is 5.83. The smallest absolute Gasteiger partial charge is 0.123 e.